The fourth-order valence-electron chi connectivity index (χ4n) is 1.84. The molecule has 0 saturated heterocycles. The zero-order chi connectivity index (χ0) is 13.1. The Kier molecular flexibility index (Phi) is 3.29. The summed E-state index contributed by atoms with van der Waals surface area (Å²) in [5, 5.41) is 0.364. The number of halogens is 1. The van der Waals surface area contributed by atoms with Crippen LogP contribution in [-0.2, 0) is 6.61 Å². The van der Waals surface area contributed by atoms with Gasteiger partial charge < -0.3 is 4.74 Å². The van der Waals surface area contributed by atoms with Gasteiger partial charge in [0, 0.05) is 0 Å². The molecule has 0 bridgehead atoms. The van der Waals surface area contributed by atoms with Gasteiger partial charge in [0.1, 0.15) is 23.0 Å². The van der Waals surface area contributed by atoms with Crippen molar-refractivity contribution in [2.45, 2.75) is 6.61 Å². The Morgan fingerprint density at radius 3 is 2.68 bits per heavy atom. The summed E-state index contributed by atoms with van der Waals surface area (Å²) in [4.78, 5) is 8.49. The summed E-state index contributed by atoms with van der Waals surface area (Å²) in [6.07, 6.45) is 1.53. The monoisotopic (exact) mass is 270 g/mol. The third kappa shape index (κ3) is 2.66. The molecule has 3 aromatic rings. The van der Waals surface area contributed by atoms with Crippen LogP contribution in [0.25, 0.3) is 11.0 Å². The SMILES string of the molecule is Clc1cnc2cccc(OCc3ccccc3)c2n1. The van der Waals surface area contributed by atoms with E-state index in [2.05, 4.69) is 9.97 Å². The number of fused-ring (bicyclic) bond motifs is 1. The van der Waals surface area contributed by atoms with E-state index in [-0.39, 0.29) is 0 Å². The fraction of sp³-hybridized carbons (Fsp3) is 0.0667. The normalized spacial score (nSPS) is 10.6. The molecule has 0 radical (unpaired) electrons. The summed E-state index contributed by atoms with van der Waals surface area (Å²) in [5.41, 5.74) is 2.57. The molecular formula is C15H11ClN2O. The van der Waals surface area contributed by atoms with E-state index >= 15 is 0 Å². The molecule has 19 heavy (non-hydrogen) atoms. The molecule has 1 heterocycles. The summed E-state index contributed by atoms with van der Waals surface area (Å²) in [7, 11) is 0. The highest BCUT2D eigenvalue weighted by atomic mass is 35.5. The van der Waals surface area contributed by atoms with Gasteiger partial charge in [-0.05, 0) is 17.7 Å². The van der Waals surface area contributed by atoms with Crippen molar-refractivity contribution in [3.8, 4) is 5.75 Å². The van der Waals surface area contributed by atoms with Gasteiger partial charge >= 0.3 is 0 Å². The third-order valence-corrected chi connectivity index (χ3v) is 2.93. The predicted octanol–water partition coefficient (Wildman–Crippen LogP) is 3.86. The number of rotatable bonds is 3. The van der Waals surface area contributed by atoms with Crippen LogP contribution in [0.15, 0.2) is 54.7 Å². The molecule has 3 nitrogen and oxygen atoms in total. The average molecular weight is 271 g/mol. The molecule has 0 spiro atoms. The maximum Gasteiger partial charge on any atom is 0.148 e. The van der Waals surface area contributed by atoms with Gasteiger partial charge in [-0.15, -0.1) is 0 Å². The summed E-state index contributed by atoms with van der Waals surface area (Å²) in [6.45, 7) is 0.494. The lowest BCUT2D eigenvalue weighted by atomic mass is 10.2. The largest absolute Gasteiger partial charge is 0.487 e. The topological polar surface area (TPSA) is 35.0 Å². The zero-order valence-corrected chi connectivity index (χ0v) is 10.8. The van der Waals surface area contributed by atoms with Crippen LogP contribution in [0.3, 0.4) is 0 Å². The Bertz CT molecular complexity index is 701. The third-order valence-electron chi connectivity index (χ3n) is 2.74. The first-order chi connectivity index (χ1) is 9.33. The lowest BCUT2D eigenvalue weighted by Crippen LogP contribution is -1.97. The summed E-state index contributed by atoms with van der Waals surface area (Å²) >= 11 is 5.88. The fourth-order valence-corrected chi connectivity index (χ4v) is 1.97. The number of para-hydroxylation sites is 1. The van der Waals surface area contributed by atoms with E-state index in [1.165, 1.54) is 6.20 Å². The highest BCUT2D eigenvalue weighted by Crippen LogP contribution is 2.24. The molecule has 1 aromatic heterocycles. The van der Waals surface area contributed by atoms with Gasteiger partial charge in [-0.2, -0.15) is 0 Å². The second-order valence-electron chi connectivity index (χ2n) is 4.09. The molecule has 0 amide bonds. The first-order valence-corrected chi connectivity index (χ1v) is 6.29. The number of aromatic nitrogens is 2. The van der Waals surface area contributed by atoms with Crippen LogP contribution < -0.4 is 4.74 Å². The molecule has 0 unspecified atom stereocenters. The highest BCUT2D eigenvalue weighted by Gasteiger charge is 2.05. The van der Waals surface area contributed by atoms with E-state index in [9.17, 15) is 0 Å². The van der Waals surface area contributed by atoms with Crippen LogP contribution in [0.4, 0.5) is 0 Å². The van der Waals surface area contributed by atoms with Crippen molar-refractivity contribution in [1.82, 2.24) is 9.97 Å². The minimum Gasteiger partial charge on any atom is -0.487 e. The van der Waals surface area contributed by atoms with E-state index in [1.807, 2.05) is 48.5 Å². The molecular weight excluding hydrogens is 260 g/mol. The van der Waals surface area contributed by atoms with Crippen molar-refractivity contribution >= 4 is 22.6 Å². The number of hydrogen-bond acceptors (Lipinski definition) is 3. The van der Waals surface area contributed by atoms with Crippen molar-refractivity contribution in [2.24, 2.45) is 0 Å². The minimum atomic E-state index is 0.364. The van der Waals surface area contributed by atoms with E-state index in [0.29, 0.717) is 23.0 Å². The van der Waals surface area contributed by atoms with Crippen LogP contribution in [0.2, 0.25) is 5.15 Å². The van der Waals surface area contributed by atoms with Crippen molar-refractivity contribution < 1.29 is 4.74 Å². The molecule has 0 aliphatic rings. The molecule has 0 N–H and O–H groups in total. The Labute approximate surface area is 115 Å². The smallest absolute Gasteiger partial charge is 0.148 e. The number of hydrogen-bond donors (Lipinski definition) is 0. The Hall–Kier alpha value is -2.13. The number of nitrogens with zero attached hydrogens (tertiary/aromatic N) is 2. The van der Waals surface area contributed by atoms with E-state index in [1.54, 1.807) is 0 Å². The van der Waals surface area contributed by atoms with Crippen LogP contribution in [-0.4, -0.2) is 9.97 Å². The number of ether oxygens (including phenoxy) is 1. The lowest BCUT2D eigenvalue weighted by Gasteiger charge is -2.08. The molecule has 2 aromatic carbocycles. The first-order valence-electron chi connectivity index (χ1n) is 5.91. The number of benzene rings is 2. The molecule has 0 aliphatic heterocycles. The maximum absolute atomic E-state index is 5.88. The molecule has 0 aliphatic carbocycles. The standard InChI is InChI=1S/C15H11ClN2O/c16-14-9-17-12-7-4-8-13(15(12)18-14)19-10-11-5-2-1-3-6-11/h1-9H,10H2. The molecule has 0 saturated carbocycles. The van der Waals surface area contributed by atoms with Gasteiger partial charge in [0.25, 0.3) is 0 Å². The first kappa shape index (κ1) is 11.9. The highest BCUT2D eigenvalue weighted by molar-refractivity contribution is 6.29. The van der Waals surface area contributed by atoms with Gasteiger partial charge in [0.05, 0.1) is 11.7 Å². The van der Waals surface area contributed by atoms with Gasteiger partial charge in [-0.25, -0.2) is 4.98 Å². The lowest BCUT2D eigenvalue weighted by molar-refractivity contribution is 0.309. The van der Waals surface area contributed by atoms with Crippen LogP contribution >= 0.6 is 11.6 Å². The second kappa shape index (κ2) is 5.24. The van der Waals surface area contributed by atoms with Crippen molar-refractivity contribution in [1.29, 1.82) is 0 Å². The summed E-state index contributed by atoms with van der Waals surface area (Å²) in [6, 6.07) is 15.6. The van der Waals surface area contributed by atoms with Crippen LogP contribution in [0, 0.1) is 0 Å². The predicted molar refractivity (Wildman–Crippen MR) is 75.3 cm³/mol. The maximum atomic E-state index is 5.88. The Balaban J connectivity index is 1.90. The molecule has 3 rings (SSSR count). The molecule has 4 heteroatoms. The molecule has 94 valence electrons. The summed E-state index contributed by atoms with van der Waals surface area (Å²) in [5.74, 6) is 0.691. The van der Waals surface area contributed by atoms with Gasteiger partial charge in [0.2, 0.25) is 0 Å². The van der Waals surface area contributed by atoms with E-state index in [4.69, 9.17) is 16.3 Å². The van der Waals surface area contributed by atoms with E-state index in [0.717, 1.165) is 11.1 Å². The minimum absolute atomic E-state index is 0.364. The van der Waals surface area contributed by atoms with Gasteiger partial charge in [-0.1, -0.05) is 48.0 Å². The van der Waals surface area contributed by atoms with Crippen molar-refractivity contribution in [3.63, 3.8) is 0 Å². The average Bonchev–Trinajstić information content (AvgIpc) is 2.46. The molecule has 0 fully saturated rings. The van der Waals surface area contributed by atoms with Crippen LogP contribution in [0.5, 0.6) is 5.75 Å². The van der Waals surface area contributed by atoms with E-state index < -0.39 is 0 Å². The van der Waals surface area contributed by atoms with Gasteiger partial charge in [-0.3, -0.25) is 4.98 Å². The zero-order valence-electron chi connectivity index (χ0n) is 10.1. The Morgan fingerprint density at radius 2 is 1.84 bits per heavy atom. The quantitative estimate of drug-likeness (QED) is 0.725. The van der Waals surface area contributed by atoms with Crippen molar-refractivity contribution in [2.75, 3.05) is 0 Å². The van der Waals surface area contributed by atoms with Crippen LogP contribution in [0.1, 0.15) is 5.56 Å². The summed E-state index contributed by atoms with van der Waals surface area (Å²) < 4.78 is 5.80. The molecule has 0 atom stereocenters. The Morgan fingerprint density at radius 1 is 1.00 bits per heavy atom. The second-order valence-corrected chi connectivity index (χ2v) is 4.48. The van der Waals surface area contributed by atoms with Gasteiger partial charge in [0.15, 0.2) is 0 Å². The van der Waals surface area contributed by atoms with Crippen molar-refractivity contribution in [3.05, 3.63) is 65.4 Å².